The molecular weight excluding hydrogens is 358 g/mol. The predicted molar refractivity (Wildman–Crippen MR) is 117 cm³/mol. The summed E-state index contributed by atoms with van der Waals surface area (Å²) in [5.41, 5.74) is 2.15. The number of rotatable bonds is 9. The highest BCUT2D eigenvalue weighted by Gasteiger charge is 2.30. The van der Waals surface area contributed by atoms with Gasteiger partial charge < -0.3 is 4.90 Å². The minimum absolute atomic E-state index is 0.150. The van der Waals surface area contributed by atoms with Crippen molar-refractivity contribution in [3.8, 4) is 0 Å². The summed E-state index contributed by atoms with van der Waals surface area (Å²) in [4.78, 5) is 18.2. The highest BCUT2D eigenvalue weighted by molar-refractivity contribution is 8.14. The van der Waals surface area contributed by atoms with Crippen molar-refractivity contribution in [2.45, 2.75) is 78.8 Å². The Morgan fingerprint density at radius 2 is 1.96 bits per heavy atom. The maximum absolute atomic E-state index is 11.1. The van der Waals surface area contributed by atoms with Gasteiger partial charge in [-0.3, -0.25) is 15.1 Å². The van der Waals surface area contributed by atoms with E-state index in [0.29, 0.717) is 18.0 Å². The molecule has 150 valence electrons. The molecule has 0 bridgehead atoms. The Morgan fingerprint density at radius 1 is 1.30 bits per heavy atom. The van der Waals surface area contributed by atoms with Gasteiger partial charge in [0.2, 0.25) is 0 Å². The van der Waals surface area contributed by atoms with Gasteiger partial charge >= 0.3 is 0 Å². The van der Waals surface area contributed by atoms with E-state index in [0.717, 1.165) is 54.3 Å². The van der Waals surface area contributed by atoms with Crippen molar-refractivity contribution < 1.29 is 4.92 Å². The van der Waals surface area contributed by atoms with Gasteiger partial charge in [-0.1, -0.05) is 52.3 Å². The third-order valence-corrected chi connectivity index (χ3v) is 6.02. The molecule has 0 spiro atoms. The number of nitro benzene ring substituents is 1. The summed E-state index contributed by atoms with van der Waals surface area (Å²) in [5, 5.41) is 12.2. The van der Waals surface area contributed by atoms with Crippen LogP contribution in [-0.2, 0) is 0 Å². The molecule has 6 heteroatoms. The zero-order chi connectivity index (χ0) is 20.0. The fraction of sp³-hybridized carbons (Fsp3) is 0.667. The van der Waals surface area contributed by atoms with E-state index in [1.54, 1.807) is 12.1 Å². The van der Waals surface area contributed by atoms with Crippen LogP contribution in [0.4, 0.5) is 11.4 Å². The minimum Gasteiger partial charge on any atom is -0.318 e. The lowest BCUT2D eigenvalue weighted by molar-refractivity contribution is -0.384. The number of non-ortho nitro benzene ring substituents is 1. The summed E-state index contributed by atoms with van der Waals surface area (Å²) in [6, 6.07) is 5.96. The molecule has 0 aromatic heterocycles. The molecule has 0 N–H and O–H groups in total. The first kappa shape index (κ1) is 21.7. The van der Waals surface area contributed by atoms with Gasteiger partial charge in [-0.15, -0.1) is 0 Å². The van der Waals surface area contributed by atoms with Crippen LogP contribution in [0.5, 0.6) is 0 Å². The Bertz CT molecular complexity index is 669. The number of aliphatic imine (C=N–C) groups is 1. The largest absolute Gasteiger partial charge is 0.318 e. The van der Waals surface area contributed by atoms with Gasteiger partial charge in [0.25, 0.3) is 5.69 Å². The molecule has 0 saturated heterocycles. The number of amidine groups is 1. The average molecular weight is 392 g/mol. The molecule has 2 rings (SSSR count). The van der Waals surface area contributed by atoms with Crippen LogP contribution in [0.1, 0.15) is 65.4 Å². The van der Waals surface area contributed by atoms with E-state index in [4.69, 9.17) is 4.99 Å². The Kier molecular flexibility index (Phi) is 8.14. The molecule has 1 aliphatic rings. The van der Waals surface area contributed by atoms with Crippen molar-refractivity contribution in [2.75, 3.05) is 10.7 Å². The molecule has 0 saturated carbocycles. The molecule has 0 radical (unpaired) electrons. The fourth-order valence-electron chi connectivity index (χ4n) is 3.75. The molecule has 1 atom stereocenters. The topological polar surface area (TPSA) is 58.7 Å². The SMILES string of the molecule is CCCC(CCC)N(C1=N[C@@H](CC(C)C)CS1)c1ccc([N+](=O)[O-])cc1C. The van der Waals surface area contributed by atoms with Gasteiger partial charge in [0, 0.05) is 29.6 Å². The zero-order valence-electron chi connectivity index (χ0n) is 17.3. The normalized spacial score (nSPS) is 16.9. The van der Waals surface area contributed by atoms with Crippen LogP contribution in [0, 0.1) is 23.0 Å². The number of hydrogen-bond acceptors (Lipinski definition) is 5. The first-order valence-corrected chi connectivity index (χ1v) is 11.1. The number of hydrogen-bond donors (Lipinski definition) is 0. The zero-order valence-corrected chi connectivity index (χ0v) is 18.1. The van der Waals surface area contributed by atoms with E-state index in [2.05, 4.69) is 32.6 Å². The van der Waals surface area contributed by atoms with Gasteiger partial charge in [0.15, 0.2) is 5.17 Å². The van der Waals surface area contributed by atoms with Gasteiger partial charge in [-0.05, 0) is 43.7 Å². The summed E-state index contributed by atoms with van der Waals surface area (Å²) in [6.45, 7) is 10.9. The predicted octanol–water partition coefficient (Wildman–Crippen LogP) is 6.20. The molecule has 5 nitrogen and oxygen atoms in total. The number of benzene rings is 1. The number of thioether (sulfide) groups is 1. The molecule has 0 aliphatic carbocycles. The molecule has 0 fully saturated rings. The first-order valence-electron chi connectivity index (χ1n) is 10.1. The van der Waals surface area contributed by atoms with Gasteiger partial charge in [-0.2, -0.15) is 0 Å². The van der Waals surface area contributed by atoms with Gasteiger partial charge in [0.1, 0.15) is 0 Å². The standard InChI is InChI=1S/C21H33N3O2S/c1-6-8-18(9-7-2)23(21-22-17(14-27-21)12-15(3)4)20-11-10-19(24(25)26)13-16(20)5/h10-11,13,15,17-18H,6-9,12,14H2,1-5H3/t17-/m0/s1. The third kappa shape index (κ3) is 5.71. The fourth-order valence-corrected chi connectivity index (χ4v) is 4.91. The first-order chi connectivity index (χ1) is 12.9. The van der Waals surface area contributed by atoms with Crippen LogP contribution in [0.3, 0.4) is 0 Å². The lowest BCUT2D eigenvalue weighted by atomic mass is 10.0. The molecule has 1 aromatic carbocycles. The number of nitro groups is 1. The maximum atomic E-state index is 11.1. The number of nitrogens with zero attached hydrogens (tertiary/aromatic N) is 3. The van der Waals surface area contributed by atoms with Crippen molar-refractivity contribution in [3.63, 3.8) is 0 Å². The average Bonchev–Trinajstić information content (AvgIpc) is 3.04. The Hall–Kier alpha value is -1.56. The van der Waals surface area contributed by atoms with E-state index in [1.807, 2.05) is 24.8 Å². The van der Waals surface area contributed by atoms with Crippen LogP contribution in [0.2, 0.25) is 0 Å². The quantitative estimate of drug-likeness (QED) is 0.372. The number of anilines is 1. The molecule has 0 amide bonds. The lowest BCUT2D eigenvalue weighted by Crippen LogP contribution is -2.39. The molecule has 27 heavy (non-hydrogen) atoms. The second-order valence-electron chi connectivity index (χ2n) is 7.84. The van der Waals surface area contributed by atoms with E-state index in [-0.39, 0.29) is 10.6 Å². The molecule has 1 aliphatic heterocycles. The Balaban J connectivity index is 2.42. The third-order valence-electron chi connectivity index (χ3n) is 4.91. The van der Waals surface area contributed by atoms with Crippen LogP contribution in [0.25, 0.3) is 0 Å². The summed E-state index contributed by atoms with van der Waals surface area (Å²) in [5.74, 6) is 1.66. The lowest BCUT2D eigenvalue weighted by Gasteiger charge is -2.34. The maximum Gasteiger partial charge on any atom is 0.269 e. The van der Waals surface area contributed by atoms with Crippen LogP contribution in [-0.4, -0.2) is 27.9 Å². The van der Waals surface area contributed by atoms with Crippen LogP contribution < -0.4 is 4.90 Å². The molecule has 0 unspecified atom stereocenters. The highest BCUT2D eigenvalue weighted by Crippen LogP contribution is 2.35. The summed E-state index contributed by atoms with van der Waals surface area (Å²) < 4.78 is 0. The Labute approximate surface area is 167 Å². The monoisotopic (exact) mass is 391 g/mol. The second-order valence-corrected chi connectivity index (χ2v) is 8.82. The summed E-state index contributed by atoms with van der Waals surface area (Å²) in [6.07, 6.45) is 5.52. The smallest absolute Gasteiger partial charge is 0.269 e. The summed E-state index contributed by atoms with van der Waals surface area (Å²) in [7, 11) is 0. The van der Waals surface area contributed by atoms with Crippen molar-refractivity contribution in [1.82, 2.24) is 0 Å². The minimum atomic E-state index is -0.322. The van der Waals surface area contributed by atoms with Crippen molar-refractivity contribution in [1.29, 1.82) is 0 Å². The van der Waals surface area contributed by atoms with Gasteiger partial charge in [-0.25, -0.2) is 0 Å². The summed E-state index contributed by atoms with van der Waals surface area (Å²) >= 11 is 1.84. The van der Waals surface area contributed by atoms with E-state index in [9.17, 15) is 10.1 Å². The molecule has 1 aromatic rings. The van der Waals surface area contributed by atoms with Crippen molar-refractivity contribution in [3.05, 3.63) is 33.9 Å². The second kappa shape index (κ2) is 10.1. The van der Waals surface area contributed by atoms with E-state index >= 15 is 0 Å². The van der Waals surface area contributed by atoms with E-state index < -0.39 is 0 Å². The van der Waals surface area contributed by atoms with Crippen LogP contribution in [0.15, 0.2) is 23.2 Å². The molecule has 1 heterocycles. The molecular formula is C21H33N3O2S. The number of aryl methyl sites for hydroxylation is 1. The highest BCUT2D eigenvalue weighted by atomic mass is 32.2. The van der Waals surface area contributed by atoms with Crippen LogP contribution >= 0.6 is 11.8 Å². The van der Waals surface area contributed by atoms with Crippen molar-refractivity contribution >= 4 is 28.3 Å². The Morgan fingerprint density at radius 3 is 2.48 bits per heavy atom. The van der Waals surface area contributed by atoms with Gasteiger partial charge in [0.05, 0.1) is 11.0 Å². The van der Waals surface area contributed by atoms with Crippen molar-refractivity contribution in [2.24, 2.45) is 10.9 Å². The van der Waals surface area contributed by atoms with E-state index in [1.165, 1.54) is 0 Å².